The monoisotopic (exact) mass is 259 g/mol. The first kappa shape index (κ1) is 12.9. The van der Waals surface area contributed by atoms with E-state index in [0.717, 1.165) is 0 Å². The molecule has 0 heterocycles. The summed E-state index contributed by atoms with van der Waals surface area (Å²) in [5.74, 6) is 4.30. The average molecular weight is 259 g/mol. The fraction of sp³-hybridized carbons (Fsp3) is 0.0714. The van der Waals surface area contributed by atoms with E-state index >= 15 is 0 Å². The van der Waals surface area contributed by atoms with Crippen molar-refractivity contribution < 1.29 is 19.8 Å². The van der Waals surface area contributed by atoms with Crippen molar-refractivity contribution in [2.45, 2.75) is 6.42 Å². The summed E-state index contributed by atoms with van der Waals surface area (Å²) in [5.41, 5.74) is 1.27. The molecule has 0 amide bonds. The fourth-order valence-electron chi connectivity index (χ4n) is 1.90. The van der Waals surface area contributed by atoms with Gasteiger partial charge in [-0.05, 0) is 17.7 Å². The van der Waals surface area contributed by atoms with Gasteiger partial charge in [-0.15, -0.1) is 0 Å². The summed E-state index contributed by atoms with van der Waals surface area (Å²) in [5, 5.41) is 18.8. The molecule has 2 rings (SSSR count). The van der Waals surface area contributed by atoms with E-state index in [1.807, 2.05) is 0 Å². The maximum Gasteiger partial charge on any atom is 0.339 e. The minimum absolute atomic E-state index is 0.00424. The van der Waals surface area contributed by atoms with Gasteiger partial charge >= 0.3 is 5.97 Å². The minimum Gasteiger partial charge on any atom is -0.508 e. The van der Waals surface area contributed by atoms with Crippen molar-refractivity contribution in [1.82, 2.24) is 0 Å². The van der Waals surface area contributed by atoms with E-state index in [2.05, 4.69) is 4.84 Å². The number of phenols is 1. The highest BCUT2D eigenvalue weighted by Crippen LogP contribution is 2.28. The lowest BCUT2D eigenvalue weighted by Crippen LogP contribution is -2.10. The highest BCUT2D eigenvalue weighted by molar-refractivity contribution is 5.91. The van der Waals surface area contributed by atoms with Gasteiger partial charge in [0.2, 0.25) is 0 Å². The Morgan fingerprint density at radius 3 is 2.42 bits per heavy atom. The summed E-state index contributed by atoms with van der Waals surface area (Å²) in [6, 6.07) is 11.6. The summed E-state index contributed by atoms with van der Waals surface area (Å²) in [4.78, 5) is 15.8. The van der Waals surface area contributed by atoms with E-state index < -0.39 is 5.97 Å². The van der Waals surface area contributed by atoms with E-state index in [9.17, 15) is 9.90 Å². The second-order valence-electron chi connectivity index (χ2n) is 4.02. The Morgan fingerprint density at radius 2 is 1.79 bits per heavy atom. The number of para-hydroxylation sites is 2. The molecule has 0 unspecified atom stereocenters. The molecule has 0 saturated carbocycles. The van der Waals surface area contributed by atoms with Gasteiger partial charge < -0.3 is 15.1 Å². The van der Waals surface area contributed by atoms with Gasteiger partial charge in [-0.2, -0.15) is 5.90 Å². The van der Waals surface area contributed by atoms with Crippen molar-refractivity contribution in [1.29, 1.82) is 0 Å². The van der Waals surface area contributed by atoms with Gasteiger partial charge in [0.25, 0.3) is 0 Å². The summed E-state index contributed by atoms with van der Waals surface area (Å²) in [6.45, 7) is 0. The van der Waals surface area contributed by atoms with Crippen LogP contribution in [0.1, 0.15) is 21.5 Å². The van der Waals surface area contributed by atoms with Crippen LogP contribution in [-0.2, 0) is 6.42 Å². The molecule has 5 heteroatoms. The summed E-state index contributed by atoms with van der Waals surface area (Å²) >= 11 is 0. The number of aromatic carboxylic acids is 1. The molecule has 0 spiro atoms. The Morgan fingerprint density at radius 1 is 1.11 bits per heavy atom. The van der Waals surface area contributed by atoms with Crippen LogP contribution in [0.2, 0.25) is 0 Å². The molecule has 0 atom stereocenters. The molecule has 19 heavy (non-hydrogen) atoms. The number of aromatic hydroxyl groups is 1. The van der Waals surface area contributed by atoms with Gasteiger partial charge in [-0.3, -0.25) is 0 Å². The number of carboxylic acids is 1. The van der Waals surface area contributed by atoms with Crippen molar-refractivity contribution in [2.75, 3.05) is 0 Å². The SMILES string of the molecule is NOc1c(Cc2ccccc2O)cccc1C(=O)O. The number of benzene rings is 2. The maximum atomic E-state index is 11.1. The summed E-state index contributed by atoms with van der Waals surface area (Å²) in [6.07, 6.45) is 0.334. The number of phenolic OH excluding ortho intramolecular Hbond substituents is 1. The zero-order valence-electron chi connectivity index (χ0n) is 10.0. The Balaban J connectivity index is 2.43. The molecule has 2 aromatic rings. The molecule has 2 aromatic carbocycles. The van der Waals surface area contributed by atoms with E-state index in [1.165, 1.54) is 6.07 Å². The molecule has 0 radical (unpaired) electrons. The Hall–Kier alpha value is -2.53. The largest absolute Gasteiger partial charge is 0.508 e. The van der Waals surface area contributed by atoms with Gasteiger partial charge in [-0.1, -0.05) is 30.3 Å². The molecule has 98 valence electrons. The van der Waals surface area contributed by atoms with Gasteiger partial charge in [-0.25, -0.2) is 4.79 Å². The molecule has 0 aliphatic carbocycles. The van der Waals surface area contributed by atoms with Crippen LogP contribution in [0, 0.1) is 0 Å². The molecule has 4 N–H and O–H groups in total. The van der Waals surface area contributed by atoms with E-state index in [0.29, 0.717) is 17.5 Å². The number of hydrogen-bond donors (Lipinski definition) is 3. The van der Waals surface area contributed by atoms with Crippen LogP contribution in [0.15, 0.2) is 42.5 Å². The Kier molecular flexibility index (Phi) is 3.68. The molecule has 5 nitrogen and oxygen atoms in total. The third-order valence-electron chi connectivity index (χ3n) is 2.82. The third-order valence-corrected chi connectivity index (χ3v) is 2.82. The fourth-order valence-corrected chi connectivity index (χ4v) is 1.90. The zero-order chi connectivity index (χ0) is 13.8. The van der Waals surface area contributed by atoms with E-state index in [4.69, 9.17) is 11.0 Å². The van der Waals surface area contributed by atoms with Crippen LogP contribution in [-0.4, -0.2) is 16.2 Å². The Labute approximate surface area is 109 Å². The van der Waals surface area contributed by atoms with Crippen LogP contribution in [0.5, 0.6) is 11.5 Å². The van der Waals surface area contributed by atoms with Crippen molar-refractivity contribution in [3.05, 3.63) is 59.2 Å². The second-order valence-corrected chi connectivity index (χ2v) is 4.02. The van der Waals surface area contributed by atoms with Crippen LogP contribution >= 0.6 is 0 Å². The number of nitrogens with two attached hydrogens (primary N) is 1. The Bertz CT molecular complexity index is 610. The first-order valence-corrected chi connectivity index (χ1v) is 5.62. The van der Waals surface area contributed by atoms with Crippen molar-refractivity contribution in [3.8, 4) is 11.5 Å². The quantitative estimate of drug-likeness (QED) is 0.729. The van der Waals surface area contributed by atoms with Gasteiger partial charge in [0, 0.05) is 12.0 Å². The van der Waals surface area contributed by atoms with Crippen LogP contribution in [0.3, 0.4) is 0 Å². The number of carboxylic acid groups (broad SMARTS) is 1. The molecule has 0 fully saturated rings. The normalized spacial score (nSPS) is 10.2. The lowest BCUT2D eigenvalue weighted by atomic mass is 10.0. The third kappa shape index (κ3) is 2.66. The van der Waals surface area contributed by atoms with Crippen molar-refractivity contribution >= 4 is 5.97 Å². The smallest absolute Gasteiger partial charge is 0.339 e. The average Bonchev–Trinajstić information content (AvgIpc) is 2.41. The minimum atomic E-state index is -1.11. The number of carbonyl (C=O) groups is 1. The van der Waals surface area contributed by atoms with E-state index in [-0.39, 0.29) is 17.1 Å². The lowest BCUT2D eigenvalue weighted by Gasteiger charge is -2.11. The maximum absolute atomic E-state index is 11.1. The summed E-state index contributed by atoms with van der Waals surface area (Å²) in [7, 11) is 0. The highest BCUT2D eigenvalue weighted by atomic mass is 16.6. The van der Waals surface area contributed by atoms with Crippen molar-refractivity contribution in [2.24, 2.45) is 5.90 Å². The molecule has 0 aliphatic rings. The molecular formula is C14H13NO4. The van der Waals surface area contributed by atoms with Gasteiger partial charge in [0.15, 0.2) is 5.75 Å². The zero-order valence-corrected chi connectivity index (χ0v) is 10.0. The highest BCUT2D eigenvalue weighted by Gasteiger charge is 2.16. The molecular weight excluding hydrogens is 246 g/mol. The van der Waals surface area contributed by atoms with Crippen LogP contribution in [0.4, 0.5) is 0 Å². The predicted molar refractivity (Wildman–Crippen MR) is 69.1 cm³/mol. The standard InChI is InChI=1S/C14H13NO4/c15-19-13-10(5-3-6-11(13)14(17)18)8-9-4-1-2-7-12(9)16/h1-7,16H,8,15H2,(H,17,18). The number of hydrogen-bond acceptors (Lipinski definition) is 4. The topological polar surface area (TPSA) is 92.8 Å². The number of rotatable bonds is 4. The molecule has 0 aliphatic heterocycles. The molecule has 0 bridgehead atoms. The van der Waals surface area contributed by atoms with Crippen LogP contribution < -0.4 is 10.7 Å². The van der Waals surface area contributed by atoms with Crippen molar-refractivity contribution in [3.63, 3.8) is 0 Å². The van der Waals surface area contributed by atoms with Crippen LogP contribution in [0.25, 0.3) is 0 Å². The molecule has 0 aromatic heterocycles. The summed E-state index contributed by atoms with van der Waals surface area (Å²) < 4.78 is 0. The van der Waals surface area contributed by atoms with E-state index in [1.54, 1.807) is 36.4 Å². The van der Waals surface area contributed by atoms with Gasteiger partial charge in [0.1, 0.15) is 11.3 Å². The first-order valence-electron chi connectivity index (χ1n) is 5.62. The molecule has 0 saturated heterocycles. The first-order chi connectivity index (χ1) is 9.13. The lowest BCUT2D eigenvalue weighted by molar-refractivity contribution is 0.0692. The predicted octanol–water partition coefficient (Wildman–Crippen LogP) is 1.93. The second kappa shape index (κ2) is 5.41. The van der Waals surface area contributed by atoms with Gasteiger partial charge in [0.05, 0.1) is 0 Å².